The Hall–Kier alpha value is -0.690. The average Bonchev–Trinajstić information content (AvgIpc) is 2.67. The summed E-state index contributed by atoms with van der Waals surface area (Å²) in [4.78, 5) is 18.7. The largest absolute Gasteiger partial charge is 0.351 e. The molecule has 2 rings (SSSR count). The van der Waals surface area contributed by atoms with Gasteiger partial charge in [0.15, 0.2) is 0 Å². The third-order valence-corrected chi connectivity index (χ3v) is 6.74. The van der Waals surface area contributed by atoms with Gasteiger partial charge in [0.1, 0.15) is 0 Å². The predicted molar refractivity (Wildman–Crippen MR) is 134 cm³/mol. The van der Waals surface area contributed by atoms with E-state index in [4.69, 9.17) is 28.0 Å². The molecule has 1 aliphatic rings. The van der Waals surface area contributed by atoms with Crippen LogP contribution in [0.15, 0.2) is 0 Å². The van der Waals surface area contributed by atoms with Crippen LogP contribution in [0.2, 0.25) is 10.6 Å². The van der Waals surface area contributed by atoms with Crippen molar-refractivity contribution in [3.63, 3.8) is 0 Å². The molecule has 0 spiro atoms. The molecule has 1 fully saturated rings. The summed E-state index contributed by atoms with van der Waals surface area (Å²) in [6.07, 6.45) is 11.8. The maximum atomic E-state index is 6.40. The zero-order valence-electron chi connectivity index (χ0n) is 20.9. The fraction of sp³-hybridized carbons (Fsp3) is 0.875. The second-order valence-electron chi connectivity index (χ2n) is 10.4. The molecular formula is C24H43Cl2N5O. The third-order valence-electron chi connectivity index (χ3n) is 6.41. The number of nitrogens with one attached hydrogen (secondary N) is 1. The van der Waals surface area contributed by atoms with Crippen molar-refractivity contribution in [2.75, 3.05) is 11.9 Å². The lowest BCUT2D eigenvalue weighted by Crippen LogP contribution is -2.62. The van der Waals surface area contributed by atoms with Crippen molar-refractivity contribution in [3.05, 3.63) is 10.6 Å². The van der Waals surface area contributed by atoms with Crippen LogP contribution in [0.3, 0.4) is 0 Å². The molecule has 1 aliphatic heterocycles. The van der Waals surface area contributed by atoms with Crippen LogP contribution < -0.4 is 5.32 Å². The van der Waals surface area contributed by atoms with E-state index < -0.39 is 0 Å². The number of aromatic nitrogens is 3. The maximum Gasteiger partial charge on any atom is 0.228 e. The van der Waals surface area contributed by atoms with Gasteiger partial charge in [-0.15, -0.1) is 0 Å². The molecule has 1 aromatic rings. The molecule has 0 radical (unpaired) electrons. The molecule has 8 heteroatoms. The first kappa shape index (κ1) is 27.6. The van der Waals surface area contributed by atoms with E-state index in [0.29, 0.717) is 11.9 Å². The third kappa shape index (κ3) is 8.27. The Morgan fingerprint density at radius 2 is 1.47 bits per heavy atom. The highest BCUT2D eigenvalue weighted by atomic mass is 35.5. The van der Waals surface area contributed by atoms with Crippen molar-refractivity contribution in [2.24, 2.45) is 5.92 Å². The van der Waals surface area contributed by atoms with E-state index in [9.17, 15) is 0 Å². The van der Waals surface area contributed by atoms with Gasteiger partial charge in [-0.05, 0) is 82.5 Å². The molecular weight excluding hydrogens is 445 g/mol. The number of nitrogens with zero attached hydrogens (tertiary/aromatic N) is 4. The number of rotatable bonds is 13. The highest BCUT2D eigenvalue weighted by Gasteiger charge is 2.48. The Balaban J connectivity index is 2.02. The second-order valence-corrected chi connectivity index (χ2v) is 11.1. The Morgan fingerprint density at radius 1 is 0.906 bits per heavy atom. The fourth-order valence-corrected chi connectivity index (χ4v) is 5.67. The van der Waals surface area contributed by atoms with Crippen LogP contribution in [0.4, 0.5) is 5.95 Å². The standard InChI is InChI=1S/C24H43Cl2N5O/c1-7-9-10-11-12-13-15-32-31-23(3,4)16-18(17-24(31,5)6)19(14-8-2)27-22-29-20(25)28-21(26)30-22/h18-19H,7-17H2,1-6H3,(H,27,28,29,30). The lowest BCUT2D eigenvalue weighted by atomic mass is 9.71. The van der Waals surface area contributed by atoms with Crippen LogP contribution in [0.5, 0.6) is 0 Å². The van der Waals surface area contributed by atoms with E-state index in [0.717, 1.165) is 38.7 Å². The molecule has 6 nitrogen and oxygen atoms in total. The van der Waals surface area contributed by atoms with Crippen LogP contribution >= 0.6 is 23.2 Å². The number of unbranched alkanes of at least 4 members (excludes halogenated alkanes) is 5. The van der Waals surface area contributed by atoms with Crippen LogP contribution in [0.1, 0.15) is 106 Å². The van der Waals surface area contributed by atoms with Gasteiger partial charge in [0, 0.05) is 17.1 Å². The molecule has 0 bridgehead atoms. The van der Waals surface area contributed by atoms with Crippen LogP contribution in [0.25, 0.3) is 0 Å². The van der Waals surface area contributed by atoms with E-state index in [-0.39, 0.29) is 27.7 Å². The maximum absolute atomic E-state index is 6.40. The van der Waals surface area contributed by atoms with Crippen molar-refractivity contribution in [2.45, 2.75) is 123 Å². The first-order valence-corrected chi connectivity index (χ1v) is 13.1. The zero-order chi connectivity index (χ0) is 23.8. The smallest absolute Gasteiger partial charge is 0.228 e. The van der Waals surface area contributed by atoms with E-state index in [1.165, 1.54) is 32.1 Å². The van der Waals surface area contributed by atoms with Gasteiger partial charge < -0.3 is 5.32 Å². The molecule has 1 saturated heterocycles. The normalized spacial score (nSPS) is 19.8. The molecule has 2 heterocycles. The van der Waals surface area contributed by atoms with E-state index >= 15 is 0 Å². The predicted octanol–water partition coefficient (Wildman–Crippen LogP) is 7.32. The van der Waals surface area contributed by atoms with Crippen LogP contribution in [-0.2, 0) is 4.84 Å². The minimum Gasteiger partial charge on any atom is -0.351 e. The summed E-state index contributed by atoms with van der Waals surface area (Å²) in [5, 5.41) is 6.00. The van der Waals surface area contributed by atoms with E-state index in [2.05, 4.69) is 66.9 Å². The van der Waals surface area contributed by atoms with Crippen LogP contribution in [-0.4, -0.2) is 43.7 Å². The van der Waals surface area contributed by atoms with Gasteiger partial charge in [-0.3, -0.25) is 4.84 Å². The Bertz CT molecular complexity index is 663. The number of hydrogen-bond donors (Lipinski definition) is 1. The van der Waals surface area contributed by atoms with Gasteiger partial charge in [-0.25, -0.2) is 0 Å². The molecule has 0 saturated carbocycles. The van der Waals surface area contributed by atoms with Crippen molar-refractivity contribution in [1.29, 1.82) is 0 Å². The Labute approximate surface area is 205 Å². The molecule has 1 atom stereocenters. The summed E-state index contributed by atoms with van der Waals surface area (Å²) in [7, 11) is 0. The average molecular weight is 489 g/mol. The minimum atomic E-state index is -0.0727. The molecule has 0 amide bonds. The lowest BCUT2D eigenvalue weighted by Gasteiger charge is -2.55. The highest BCUT2D eigenvalue weighted by Crippen LogP contribution is 2.44. The summed E-state index contributed by atoms with van der Waals surface area (Å²) in [6, 6.07) is 0.230. The van der Waals surface area contributed by atoms with Crippen molar-refractivity contribution in [3.8, 4) is 0 Å². The van der Waals surface area contributed by atoms with E-state index in [1.54, 1.807) is 0 Å². The van der Waals surface area contributed by atoms with Gasteiger partial charge >= 0.3 is 0 Å². The molecule has 184 valence electrons. The SMILES string of the molecule is CCCCCCCCON1C(C)(C)CC(C(CCC)Nc2nc(Cl)nc(Cl)n2)CC1(C)C. The highest BCUT2D eigenvalue weighted by molar-refractivity contribution is 6.31. The molecule has 0 aromatic carbocycles. The molecule has 1 N–H and O–H groups in total. The number of piperidine rings is 1. The van der Waals surface area contributed by atoms with Gasteiger partial charge in [0.05, 0.1) is 6.61 Å². The lowest BCUT2D eigenvalue weighted by molar-refractivity contribution is -0.288. The number of hydroxylamine groups is 2. The summed E-state index contributed by atoms with van der Waals surface area (Å²) in [6.45, 7) is 14.4. The number of hydrogen-bond acceptors (Lipinski definition) is 6. The Morgan fingerprint density at radius 3 is 2.03 bits per heavy atom. The van der Waals surface area contributed by atoms with Gasteiger partial charge in [-0.1, -0.05) is 52.4 Å². The minimum absolute atomic E-state index is 0.0727. The van der Waals surface area contributed by atoms with Gasteiger partial charge in [-0.2, -0.15) is 20.0 Å². The molecule has 1 unspecified atom stereocenters. The zero-order valence-corrected chi connectivity index (χ0v) is 22.4. The molecule has 0 aliphatic carbocycles. The summed E-state index contributed by atoms with van der Waals surface area (Å²) in [5.74, 6) is 0.897. The van der Waals surface area contributed by atoms with Gasteiger partial charge in [0.2, 0.25) is 16.5 Å². The summed E-state index contributed by atoms with van der Waals surface area (Å²) < 4.78 is 0. The van der Waals surface area contributed by atoms with Crippen molar-refractivity contribution >= 4 is 29.2 Å². The van der Waals surface area contributed by atoms with Crippen LogP contribution in [0, 0.1) is 5.92 Å². The summed E-state index contributed by atoms with van der Waals surface area (Å²) >= 11 is 12.0. The number of anilines is 1. The number of halogens is 2. The topological polar surface area (TPSA) is 63.2 Å². The monoisotopic (exact) mass is 487 g/mol. The van der Waals surface area contributed by atoms with Crippen molar-refractivity contribution in [1.82, 2.24) is 20.0 Å². The first-order chi connectivity index (χ1) is 15.1. The van der Waals surface area contributed by atoms with Gasteiger partial charge in [0.25, 0.3) is 0 Å². The van der Waals surface area contributed by atoms with E-state index in [1.807, 2.05) is 0 Å². The second kappa shape index (κ2) is 12.7. The Kier molecular flexibility index (Phi) is 10.9. The molecule has 32 heavy (non-hydrogen) atoms. The van der Waals surface area contributed by atoms with Crippen molar-refractivity contribution < 1.29 is 4.84 Å². The fourth-order valence-electron chi connectivity index (χ4n) is 5.31. The summed E-state index contributed by atoms with van der Waals surface area (Å²) in [5.41, 5.74) is -0.145. The first-order valence-electron chi connectivity index (χ1n) is 12.4. The molecule has 1 aromatic heterocycles. The quantitative estimate of drug-likeness (QED) is 0.294.